The van der Waals surface area contributed by atoms with Gasteiger partial charge in [0.25, 0.3) is 5.91 Å². The van der Waals surface area contributed by atoms with Crippen molar-refractivity contribution in [1.29, 1.82) is 0 Å². The van der Waals surface area contributed by atoms with E-state index in [2.05, 4.69) is 46.6 Å². The number of fused-ring (bicyclic) bond motifs is 1. The van der Waals surface area contributed by atoms with Gasteiger partial charge in [0, 0.05) is 57.3 Å². The average molecular weight is 545 g/mol. The molecule has 2 aromatic carbocycles. The maximum Gasteiger partial charge on any atom is 0.265 e. The van der Waals surface area contributed by atoms with E-state index in [1.165, 1.54) is 11.3 Å². The molecule has 0 radical (unpaired) electrons. The fourth-order valence-electron chi connectivity index (χ4n) is 6.33. The largest absolute Gasteiger partial charge is 0.482 e. The van der Waals surface area contributed by atoms with Crippen LogP contribution in [0.25, 0.3) is 0 Å². The second-order valence-corrected chi connectivity index (χ2v) is 11.3. The van der Waals surface area contributed by atoms with Gasteiger partial charge in [0.05, 0.1) is 11.6 Å². The molecule has 1 saturated carbocycles. The van der Waals surface area contributed by atoms with Crippen LogP contribution in [0.3, 0.4) is 0 Å². The summed E-state index contributed by atoms with van der Waals surface area (Å²) in [5.74, 6) is 0.789. The molecule has 1 N–H and O–H groups in total. The zero-order valence-corrected chi connectivity index (χ0v) is 23.4. The van der Waals surface area contributed by atoms with Crippen molar-refractivity contribution in [2.24, 2.45) is 5.92 Å². The van der Waals surface area contributed by atoms with Gasteiger partial charge in [-0.15, -0.1) is 0 Å². The minimum Gasteiger partial charge on any atom is -0.482 e. The molecule has 1 saturated heterocycles. The third kappa shape index (κ3) is 5.60. The van der Waals surface area contributed by atoms with Crippen LogP contribution in [0.4, 0.5) is 17.1 Å². The first-order chi connectivity index (χ1) is 19.6. The lowest BCUT2D eigenvalue weighted by atomic mass is 9.80. The lowest BCUT2D eigenvalue weighted by molar-refractivity contribution is -0.123. The van der Waals surface area contributed by atoms with Crippen molar-refractivity contribution in [3.8, 4) is 5.75 Å². The van der Waals surface area contributed by atoms with Crippen molar-refractivity contribution in [2.45, 2.75) is 44.1 Å². The molecule has 0 unspecified atom stereocenters. The Balaban J connectivity index is 1.28. The molecule has 3 heterocycles. The van der Waals surface area contributed by atoms with Crippen molar-refractivity contribution in [1.82, 2.24) is 5.32 Å². The summed E-state index contributed by atoms with van der Waals surface area (Å²) >= 11 is 0. The summed E-state index contributed by atoms with van der Waals surface area (Å²) in [5, 5.41) is 3.50. The quantitative estimate of drug-likeness (QED) is 0.379. The van der Waals surface area contributed by atoms with Crippen molar-refractivity contribution in [3.63, 3.8) is 0 Å². The summed E-state index contributed by atoms with van der Waals surface area (Å²) in [6, 6.07) is 14.9. The molecule has 212 valence electrons. The molecule has 2 amide bonds. The molecule has 8 nitrogen and oxygen atoms in total. The molecular weight excluding hydrogens is 504 g/mol. The first-order valence-electron chi connectivity index (χ1n) is 14.7. The highest BCUT2D eigenvalue weighted by molar-refractivity contribution is 6.01. The molecule has 3 aliphatic heterocycles. The van der Waals surface area contributed by atoms with Gasteiger partial charge in [-0.25, -0.2) is 0 Å². The second kappa shape index (κ2) is 12.0. The molecule has 40 heavy (non-hydrogen) atoms. The van der Waals surface area contributed by atoms with Crippen LogP contribution >= 0.6 is 0 Å². The molecule has 4 aliphatic rings. The molecule has 8 heteroatoms. The molecule has 0 aromatic heterocycles. The zero-order valence-electron chi connectivity index (χ0n) is 23.4. The smallest absolute Gasteiger partial charge is 0.265 e. The van der Waals surface area contributed by atoms with Gasteiger partial charge in [-0.2, -0.15) is 0 Å². The molecular formula is C32H40N4O4. The Labute approximate surface area is 236 Å². The van der Waals surface area contributed by atoms with E-state index in [0.29, 0.717) is 25.4 Å². The fourth-order valence-corrected chi connectivity index (χ4v) is 6.33. The monoisotopic (exact) mass is 544 g/mol. The summed E-state index contributed by atoms with van der Waals surface area (Å²) in [7, 11) is 1.67. The normalized spacial score (nSPS) is 22.6. The Hall–Kier alpha value is -3.36. The van der Waals surface area contributed by atoms with Gasteiger partial charge in [-0.1, -0.05) is 24.3 Å². The predicted molar refractivity (Wildman–Crippen MR) is 157 cm³/mol. The van der Waals surface area contributed by atoms with Crippen molar-refractivity contribution >= 4 is 28.9 Å². The number of hydrogen-bond acceptors (Lipinski definition) is 6. The number of nitrogens with one attached hydrogen (secondary N) is 1. The number of amides is 2. The van der Waals surface area contributed by atoms with E-state index in [4.69, 9.17) is 9.47 Å². The van der Waals surface area contributed by atoms with Gasteiger partial charge in [-0.05, 0) is 80.5 Å². The Morgan fingerprint density at radius 1 is 1.15 bits per heavy atom. The lowest BCUT2D eigenvalue weighted by Gasteiger charge is -2.37. The van der Waals surface area contributed by atoms with Gasteiger partial charge in [0.1, 0.15) is 5.75 Å². The Morgan fingerprint density at radius 3 is 2.85 bits per heavy atom. The van der Waals surface area contributed by atoms with Gasteiger partial charge in [-0.3, -0.25) is 9.59 Å². The lowest BCUT2D eigenvalue weighted by Crippen LogP contribution is -2.47. The fraction of sp³-hybridized carbons (Fsp3) is 0.500. The summed E-state index contributed by atoms with van der Waals surface area (Å²) in [4.78, 5) is 33.4. The molecule has 2 atom stereocenters. The molecule has 2 aromatic rings. The predicted octanol–water partition coefficient (Wildman–Crippen LogP) is 4.10. The van der Waals surface area contributed by atoms with Crippen LogP contribution in [-0.2, 0) is 14.3 Å². The molecule has 0 spiro atoms. The number of benzene rings is 2. The molecule has 6 rings (SSSR count). The number of carbonyl (C=O) groups excluding carboxylic acids is 2. The first-order valence-corrected chi connectivity index (χ1v) is 14.7. The van der Waals surface area contributed by atoms with Crippen LogP contribution in [0.1, 0.15) is 43.6 Å². The Bertz CT molecular complexity index is 1260. The molecule has 0 bridgehead atoms. The summed E-state index contributed by atoms with van der Waals surface area (Å²) in [6.07, 6.45) is 9.21. The number of methoxy groups -OCH3 is 1. The number of ether oxygens (including phenoxy) is 2. The topological polar surface area (TPSA) is 74.3 Å². The van der Waals surface area contributed by atoms with E-state index in [9.17, 15) is 9.59 Å². The van der Waals surface area contributed by atoms with Gasteiger partial charge in [0.15, 0.2) is 6.61 Å². The number of carbonyl (C=O) groups is 2. The number of nitrogens with zero attached hydrogens (tertiary/aromatic N) is 3. The van der Waals surface area contributed by atoms with Crippen LogP contribution in [-0.4, -0.2) is 70.9 Å². The van der Waals surface area contributed by atoms with Crippen LogP contribution in [0.15, 0.2) is 54.6 Å². The van der Waals surface area contributed by atoms with Crippen LogP contribution < -0.4 is 24.8 Å². The third-order valence-corrected chi connectivity index (χ3v) is 8.56. The Kier molecular flexibility index (Phi) is 8.07. The van der Waals surface area contributed by atoms with E-state index in [1.807, 2.05) is 23.1 Å². The number of hydrogen-bond donors (Lipinski definition) is 1. The summed E-state index contributed by atoms with van der Waals surface area (Å²) in [6.45, 7) is 4.70. The highest BCUT2D eigenvalue weighted by Crippen LogP contribution is 2.42. The standard InChI is InChI=1S/C32H40N4O4/c1-39-18-6-17-35-29-20-26(11-12-30(29)40-22-31(35)37)36(24-9-10-24)32(38)28-21-33-14-13-27(28)23-7-5-8-25(19-23)34-15-3-2-4-16-34/h2-3,5,7-8,11-12,19-20,24,27-28,33H,4,6,9-10,13-18,21-22H2,1H3/t27-,28+/m1/s1. The van der Waals surface area contributed by atoms with Gasteiger partial charge >= 0.3 is 0 Å². The van der Waals surface area contributed by atoms with Crippen LogP contribution in [0.2, 0.25) is 0 Å². The van der Waals surface area contributed by atoms with E-state index in [1.54, 1.807) is 12.0 Å². The summed E-state index contributed by atoms with van der Waals surface area (Å²) < 4.78 is 11.0. The average Bonchev–Trinajstić information content (AvgIpc) is 3.84. The molecule has 1 aliphatic carbocycles. The highest BCUT2D eigenvalue weighted by atomic mass is 16.5. The summed E-state index contributed by atoms with van der Waals surface area (Å²) in [5.41, 5.74) is 4.07. The Morgan fingerprint density at radius 2 is 2.05 bits per heavy atom. The minimum atomic E-state index is -0.155. The minimum absolute atomic E-state index is 0.0345. The zero-order chi connectivity index (χ0) is 27.5. The van der Waals surface area contributed by atoms with Crippen molar-refractivity contribution in [3.05, 3.63) is 60.2 Å². The molecule has 2 fully saturated rings. The van der Waals surface area contributed by atoms with Crippen LogP contribution in [0, 0.1) is 5.92 Å². The third-order valence-electron chi connectivity index (χ3n) is 8.56. The SMILES string of the molecule is COCCCN1C(=O)COc2ccc(N(C(=O)[C@H]3CNCC[C@@H]3c3cccc(N4CC=CCC4)c3)C3CC3)cc21. The van der Waals surface area contributed by atoms with Crippen LogP contribution in [0.5, 0.6) is 5.75 Å². The number of rotatable bonds is 9. The maximum atomic E-state index is 14.4. The van der Waals surface area contributed by atoms with Gasteiger partial charge in [0.2, 0.25) is 5.91 Å². The van der Waals surface area contributed by atoms with Gasteiger partial charge < -0.3 is 29.5 Å². The second-order valence-electron chi connectivity index (χ2n) is 11.3. The highest BCUT2D eigenvalue weighted by Gasteiger charge is 2.41. The van der Waals surface area contributed by atoms with E-state index < -0.39 is 0 Å². The number of anilines is 3. The van der Waals surface area contributed by atoms with Crippen molar-refractivity contribution in [2.75, 3.05) is 67.7 Å². The van der Waals surface area contributed by atoms with E-state index in [0.717, 1.165) is 63.1 Å². The first kappa shape index (κ1) is 26.8. The maximum absolute atomic E-state index is 14.4. The van der Waals surface area contributed by atoms with Crippen molar-refractivity contribution < 1.29 is 19.1 Å². The number of piperidine rings is 1. The van der Waals surface area contributed by atoms with E-state index in [-0.39, 0.29) is 36.3 Å². The van der Waals surface area contributed by atoms with E-state index >= 15 is 0 Å².